The minimum absolute atomic E-state index is 0.177. The number of aromatic nitrogens is 2. The molecular weight excluding hydrogens is 462 g/mol. The Morgan fingerprint density at radius 1 is 1.19 bits per heavy atom. The van der Waals surface area contributed by atoms with Crippen LogP contribution in [0.2, 0.25) is 0 Å². The van der Waals surface area contributed by atoms with Crippen molar-refractivity contribution < 1.29 is 9.53 Å². The van der Waals surface area contributed by atoms with Crippen LogP contribution in [-0.4, -0.2) is 53.5 Å². The average molecular weight is 490 g/mol. The number of nitrogens with zero attached hydrogens (tertiary/aromatic N) is 6. The van der Waals surface area contributed by atoms with Gasteiger partial charge in [-0.3, -0.25) is 15.2 Å². The van der Waals surface area contributed by atoms with Crippen LogP contribution < -0.4 is 32.4 Å². The van der Waals surface area contributed by atoms with Gasteiger partial charge in [0.1, 0.15) is 17.7 Å². The van der Waals surface area contributed by atoms with E-state index < -0.39 is 0 Å². The van der Waals surface area contributed by atoms with Crippen molar-refractivity contribution >= 4 is 41.1 Å². The number of nitriles is 1. The number of nitrogens with one attached hydrogen (secondary N) is 3. The number of hydrogen-bond donors (Lipinski definition) is 5. The molecule has 2 aromatic heterocycles. The van der Waals surface area contributed by atoms with Crippen molar-refractivity contribution in [1.29, 1.82) is 5.26 Å². The van der Waals surface area contributed by atoms with Crippen LogP contribution in [0.5, 0.6) is 5.75 Å². The van der Waals surface area contributed by atoms with Crippen molar-refractivity contribution in [1.82, 2.24) is 20.1 Å². The van der Waals surface area contributed by atoms with Gasteiger partial charge in [-0.25, -0.2) is 20.9 Å². The quantitative estimate of drug-likeness (QED) is 0.0922. The molecule has 0 saturated carbocycles. The molecule has 0 aliphatic carbocycles. The zero-order valence-electron chi connectivity index (χ0n) is 20.3. The molecule has 1 amide bonds. The summed E-state index contributed by atoms with van der Waals surface area (Å²) in [6.07, 6.45) is 2.08. The number of rotatable bonds is 10. The first-order valence-corrected chi connectivity index (χ1v) is 10.6. The zero-order chi connectivity index (χ0) is 26.2. The summed E-state index contributed by atoms with van der Waals surface area (Å²) in [7, 11) is 4.65. The Hall–Kier alpha value is -5.09. The molecule has 0 unspecified atom stereocenters. The number of nitrogens with two attached hydrogens (primary N) is 2. The highest BCUT2D eigenvalue weighted by Crippen LogP contribution is 2.35. The van der Waals surface area contributed by atoms with Crippen molar-refractivity contribution in [2.45, 2.75) is 6.92 Å². The maximum absolute atomic E-state index is 11.2. The highest BCUT2D eigenvalue weighted by Gasteiger charge is 2.16. The topological polar surface area (TPSA) is 183 Å². The minimum atomic E-state index is 0.177. The van der Waals surface area contributed by atoms with E-state index in [0.717, 1.165) is 10.7 Å². The predicted octanol–water partition coefficient (Wildman–Crippen LogP) is 1.99. The van der Waals surface area contributed by atoms with E-state index >= 15 is 0 Å². The van der Waals surface area contributed by atoms with Crippen LogP contribution in [0, 0.1) is 18.3 Å². The summed E-state index contributed by atoms with van der Waals surface area (Å²) < 4.78 is 5.63. The third-order valence-electron chi connectivity index (χ3n) is 4.89. The maximum atomic E-state index is 11.2. The summed E-state index contributed by atoms with van der Waals surface area (Å²) in [5.41, 5.74) is 12.0. The molecule has 13 nitrogen and oxygen atoms in total. The monoisotopic (exact) mass is 489 g/mol. The number of hydrazone groups is 1. The lowest BCUT2D eigenvalue weighted by molar-refractivity contribution is -0.115. The Bertz CT molecular complexity index is 1300. The summed E-state index contributed by atoms with van der Waals surface area (Å²) in [6.45, 7) is 1.84. The Labute approximate surface area is 208 Å². The predicted molar refractivity (Wildman–Crippen MR) is 138 cm³/mol. The fourth-order valence-corrected chi connectivity index (χ4v) is 3.20. The number of carbonyl (C=O) groups excluding carboxylic acids is 1. The van der Waals surface area contributed by atoms with Gasteiger partial charge >= 0.3 is 0 Å². The molecule has 0 radical (unpaired) electrons. The third kappa shape index (κ3) is 6.07. The number of benzene rings is 1. The second-order valence-corrected chi connectivity index (χ2v) is 7.60. The van der Waals surface area contributed by atoms with Crippen LogP contribution in [0.15, 0.2) is 47.7 Å². The number of amidine groups is 1. The van der Waals surface area contributed by atoms with Crippen molar-refractivity contribution in [2.24, 2.45) is 16.7 Å². The van der Waals surface area contributed by atoms with Crippen LogP contribution >= 0.6 is 0 Å². The second kappa shape index (κ2) is 11.4. The summed E-state index contributed by atoms with van der Waals surface area (Å²) in [5, 5.41) is 21.9. The van der Waals surface area contributed by atoms with Gasteiger partial charge in [0.25, 0.3) is 0 Å². The van der Waals surface area contributed by atoms with Gasteiger partial charge in [0.2, 0.25) is 6.41 Å². The fraction of sp³-hybridized carbons (Fsp3) is 0.174. The number of hydrogen-bond acceptors (Lipinski definition) is 11. The van der Waals surface area contributed by atoms with E-state index in [1.54, 1.807) is 44.4 Å². The molecular formula is C23H27N11O2. The molecule has 3 aromatic rings. The van der Waals surface area contributed by atoms with E-state index in [4.69, 9.17) is 21.6 Å². The van der Waals surface area contributed by atoms with E-state index in [0.29, 0.717) is 52.1 Å². The van der Waals surface area contributed by atoms with Gasteiger partial charge < -0.3 is 21.1 Å². The smallest absolute Gasteiger partial charge is 0.227 e. The van der Waals surface area contributed by atoms with Gasteiger partial charge in [0, 0.05) is 37.6 Å². The zero-order valence-corrected chi connectivity index (χ0v) is 20.3. The average Bonchev–Trinajstić information content (AvgIpc) is 2.86. The van der Waals surface area contributed by atoms with Gasteiger partial charge in [0.15, 0.2) is 17.4 Å². The van der Waals surface area contributed by atoms with Gasteiger partial charge in [0.05, 0.1) is 23.9 Å². The van der Waals surface area contributed by atoms with Gasteiger partial charge in [-0.1, -0.05) is 6.07 Å². The van der Waals surface area contributed by atoms with Crippen LogP contribution in [0.1, 0.15) is 16.7 Å². The van der Waals surface area contributed by atoms with Gasteiger partial charge in [-0.15, -0.1) is 5.10 Å². The van der Waals surface area contributed by atoms with E-state index in [-0.39, 0.29) is 5.84 Å². The van der Waals surface area contributed by atoms with Gasteiger partial charge in [-0.05, 0) is 31.2 Å². The summed E-state index contributed by atoms with van der Waals surface area (Å²) in [6, 6.07) is 12.5. The highest BCUT2D eigenvalue weighted by molar-refractivity contribution is 6.01. The lowest BCUT2D eigenvalue weighted by Gasteiger charge is -2.21. The second-order valence-electron chi connectivity index (χ2n) is 7.60. The summed E-state index contributed by atoms with van der Waals surface area (Å²) >= 11 is 0. The normalized spacial score (nSPS) is 10.7. The first-order chi connectivity index (χ1) is 17.2. The Kier molecular flexibility index (Phi) is 8.06. The third-order valence-corrected chi connectivity index (χ3v) is 4.89. The van der Waals surface area contributed by atoms with Crippen LogP contribution in [0.3, 0.4) is 0 Å². The maximum Gasteiger partial charge on any atom is 0.227 e. The molecule has 0 aliphatic rings. The van der Waals surface area contributed by atoms with E-state index in [1.165, 1.54) is 18.3 Å². The summed E-state index contributed by atoms with van der Waals surface area (Å²) in [4.78, 5) is 20.0. The van der Waals surface area contributed by atoms with E-state index in [2.05, 4.69) is 31.1 Å². The first-order valence-electron chi connectivity index (χ1n) is 10.6. The van der Waals surface area contributed by atoms with Crippen molar-refractivity contribution in [3.63, 3.8) is 0 Å². The highest BCUT2D eigenvalue weighted by atomic mass is 16.5. The molecule has 7 N–H and O–H groups in total. The molecule has 36 heavy (non-hydrogen) atoms. The molecule has 1 aromatic carbocycles. The molecule has 0 aliphatic heterocycles. The Morgan fingerprint density at radius 3 is 2.58 bits per heavy atom. The molecule has 3 rings (SSSR count). The van der Waals surface area contributed by atoms with E-state index in [1.807, 2.05) is 19.1 Å². The molecule has 0 atom stereocenters. The minimum Gasteiger partial charge on any atom is -0.494 e. The number of hydrazine groups is 2. The lowest BCUT2D eigenvalue weighted by Crippen LogP contribution is -2.26. The standard InChI is InChI=1S/C23H27N11O2/c1-14-18(28-17-7-5-6-16(21(17)36-4)22(25)31-34(3)26)10-20(30-23(14)32-33(2)13-35)29-19-9-8-15(11-24)12-27-19/h5-10,12-13H,26H2,1-4H3,(H2,25,31)(H3,27,28,29,30,32). The number of methoxy groups -OCH3 is 1. The molecule has 0 fully saturated rings. The van der Waals surface area contributed by atoms with Crippen LogP contribution in [0.4, 0.5) is 28.8 Å². The molecule has 13 heteroatoms. The first kappa shape index (κ1) is 25.5. The lowest BCUT2D eigenvalue weighted by atomic mass is 10.1. The molecule has 0 bridgehead atoms. The van der Waals surface area contributed by atoms with Crippen molar-refractivity contribution in [3.8, 4) is 11.8 Å². The number of amides is 1. The largest absolute Gasteiger partial charge is 0.494 e. The molecule has 2 heterocycles. The van der Waals surface area contributed by atoms with Crippen molar-refractivity contribution in [3.05, 3.63) is 59.3 Å². The molecule has 0 spiro atoms. The van der Waals surface area contributed by atoms with Crippen LogP contribution in [0.25, 0.3) is 0 Å². The van der Waals surface area contributed by atoms with Crippen molar-refractivity contribution in [2.75, 3.05) is 37.3 Å². The fourth-order valence-electron chi connectivity index (χ4n) is 3.20. The molecule has 186 valence electrons. The number of carbonyl (C=O) groups is 1. The van der Waals surface area contributed by atoms with Crippen LogP contribution in [-0.2, 0) is 4.79 Å². The number of para-hydroxylation sites is 1. The Morgan fingerprint density at radius 2 is 1.97 bits per heavy atom. The summed E-state index contributed by atoms with van der Waals surface area (Å²) in [5.74, 6) is 7.58. The van der Waals surface area contributed by atoms with Gasteiger partial charge in [-0.2, -0.15) is 5.26 Å². The van der Waals surface area contributed by atoms with E-state index in [9.17, 15) is 4.79 Å². The Balaban J connectivity index is 2.05. The number of ether oxygens (including phenoxy) is 1. The SMILES string of the molecule is COc1c(Nc2cc(Nc3ccc(C#N)cn3)nc(NN(C)C=O)c2C)cccc1/C(N)=N/N(C)N. The molecule has 0 saturated heterocycles. The number of pyridine rings is 2. The number of anilines is 5.